The van der Waals surface area contributed by atoms with Gasteiger partial charge in [0.2, 0.25) is 26.9 Å². The lowest BCUT2D eigenvalue weighted by Gasteiger charge is -2.44. The van der Waals surface area contributed by atoms with Crippen molar-refractivity contribution in [3.8, 4) is 5.69 Å². The summed E-state index contributed by atoms with van der Waals surface area (Å²) in [7, 11) is 0. The SMILES string of the molecule is c1ccc2c(c1)B1C3=C(c4ccccc41)N1C4=C5B(c6ccccc6B5c5cc(-n6c7ccccc7c7ccccc76)cc(c51)B32)c1ccccc14. The number of fused-ring (bicyclic) bond motifs is 19. The molecule has 0 saturated carbocycles. The van der Waals surface area contributed by atoms with E-state index in [2.05, 4.69) is 167 Å². The molecule has 232 valence electrons. The standard InChI is InChI=1S/C46H26B4N2/c1-5-17-32-30(15-1)42-45-47(32)34-19-7-9-21-36(34)49(45)38-25-27(51-40-23-11-3-13-28(40)29-14-4-12-24-41(29)51)26-39-44(38)52(42)43-31-16-2-6-18-33(31)48-35-20-8-10-22-37(35)50(39)46(43)48/h1-26H. The Balaban J connectivity index is 1.18. The smallest absolute Gasteiger partial charge is 0.233 e. The van der Waals surface area contributed by atoms with Gasteiger partial charge >= 0.3 is 0 Å². The summed E-state index contributed by atoms with van der Waals surface area (Å²) < 4.78 is 2.54. The van der Waals surface area contributed by atoms with E-state index in [0.29, 0.717) is 0 Å². The van der Waals surface area contributed by atoms with Crippen molar-refractivity contribution < 1.29 is 0 Å². The van der Waals surface area contributed by atoms with E-state index in [0.717, 1.165) is 0 Å². The van der Waals surface area contributed by atoms with Crippen LogP contribution in [0.4, 0.5) is 5.69 Å². The Morgan fingerprint density at radius 2 is 0.712 bits per heavy atom. The predicted octanol–water partition coefficient (Wildman–Crippen LogP) is 3.69. The number of benzene rings is 7. The lowest BCUT2D eigenvalue weighted by molar-refractivity contribution is 1.18. The largest absolute Gasteiger partial charge is 0.314 e. The van der Waals surface area contributed by atoms with Crippen LogP contribution in [-0.4, -0.2) is 31.4 Å². The van der Waals surface area contributed by atoms with Gasteiger partial charge in [-0.15, -0.1) is 0 Å². The third-order valence-corrected chi connectivity index (χ3v) is 13.4. The highest BCUT2D eigenvalue weighted by Gasteiger charge is 2.59. The van der Waals surface area contributed by atoms with Gasteiger partial charge in [0.15, 0.2) is 0 Å². The van der Waals surface area contributed by atoms with Gasteiger partial charge in [-0.3, -0.25) is 0 Å². The maximum Gasteiger partial charge on any atom is 0.233 e. The van der Waals surface area contributed by atoms with Crippen LogP contribution >= 0.6 is 0 Å². The minimum Gasteiger partial charge on any atom is -0.314 e. The van der Waals surface area contributed by atoms with E-state index in [4.69, 9.17) is 0 Å². The van der Waals surface area contributed by atoms with Crippen LogP contribution in [0.25, 0.3) is 38.9 Å². The van der Waals surface area contributed by atoms with Gasteiger partial charge in [0.1, 0.15) is 0 Å². The molecular weight excluding hydrogens is 624 g/mol. The highest BCUT2D eigenvalue weighted by Crippen LogP contribution is 2.49. The Bertz CT molecular complexity index is 2880. The Kier molecular flexibility index (Phi) is 4.62. The minimum absolute atomic E-state index is 0.188. The summed E-state index contributed by atoms with van der Waals surface area (Å²) in [4.78, 5) is 2.77. The molecule has 8 aromatic rings. The van der Waals surface area contributed by atoms with Crippen molar-refractivity contribution in [2.24, 2.45) is 0 Å². The second kappa shape index (κ2) is 9.02. The zero-order chi connectivity index (χ0) is 33.4. The third-order valence-electron chi connectivity index (χ3n) is 13.4. The number of aromatic nitrogens is 1. The van der Waals surface area contributed by atoms with Crippen LogP contribution in [0.1, 0.15) is 11.1 Å². The van der Waals surface area contributed by atoms with Gasteiger partial charge < -0.3 is 9.47 Å². The van der Waals surface area contributed by atoms with Gasteiger partial charge in [0.25, 0.3) is 0 Å². The molecule has 0 N–H and O–H groups in total. The van der Waals surface area contributed by atoms with Crippen LogP contribution in [0.2, 0.25) is 0 Å². The van der Waals surface area contributed by atoms with Crippen molar-refractivity contribution in [1.82, 2.24) is 4.57 Å². The quantitative estimate of drug-likeness (QED) is 0.247. The lowest BCUT2D eigenvalue weighted by atomic mass is 9.25. The molecule has 52 heavy (non-hydrogen) atoms. The zero-order valence-electron chi connectivity index (χ0n) is 28.2. The average Bonchev–Trinajstić information content (AvgIpc) is 3.99. The van der Waals surface area contributed by atoms with E-state index in [1.807, 2.05) is 0 Å². The molecule has 0 unspecified atom stereocenters. The van der Waals surface area contributed by atoms with Crippen molar-refractivity contribution in [3.63, 3.8) is 0 Å². The first-order valence-corrected chi connectivity index (χ1v) is 18.7. The summed E-state index contributed by atoms with van der Waals surface area (Å²) in [5.41, 5.74) is 22.5. The predicted molar refractivity (Wildman–Crippen MR) is 223 cm³/mol. The molecule has 0 amide bonds. The number of rotatable bonds is 1. The van der Waals surface area contributed by atoms with Crippen LogP contribution in [0, 0.1) is 0 Å². The fraction of sp³-hybridized carbons (Fsp3) is 0. The molecule has 0 fully saturated rings. The van der Waals surface area contributed by atoms with Crippen molar-refractivity contribution in [2.45, 2.75) is 0 Å². The van der Waals surface area contributed by atoms with E-state index < -0.39 is 0 Å². The van der Waals surface area contributed by atoms with E-state index in [1.54, 1.807) is 10.7 Å². The van der Waals surface area contributed by atoms with Crippen LogP contribution in [-0.2, 0) is 0 Å². The molecule has 0 bridgehead atoms. The second-order valence-corrected chi connectivity index (χ2v) is 15.5. The summed E-state index contributed by atoms with van der Waals surface area (Å²) in [5.74, 6) is 0. The van der Waals surface area contributed by atoms with Gasteiger partial charge in [-0.1, -0.05) is 177 Å². The Hall–Kier alpha value is -6.12. The van der Waals surface area contributed by atoms with Gasteiger partial charge in [0, 0.05) is 33.5 Å². The van der Waals surface area contributed by atoms with Crippen molar-refractivity contribution in [1.29, 1.82) is 0 Å². The van der Waals surface area contributed by atoms with Gasteiger partial charge in [0.05, 0.1) is 11.0 Å². The lowest BCUT2D eigenvalue weighted by Crippen LogP contribution is -2.57. The topological polar surface area (TPSA) is 8.17 Å². The third kappa shape index (κ3) is 2.86. The number of nitrogens with zero attached hydrogens (tertiary/aromatic N) is 2. The summed E-state index contributed by atoms with van der Waals surface area (Å²) in [5, 5.41) is 5.72. The van der Waals surface area contributed by atoms with Crippen molar-refractivity contribution >= 4 is 109 Å². The molecule has 7 aromatic carbocycles. The molecule has 6 aliphatic rings. The minimum atomic E-state index is 0.188. The zero-order valence-corrected chi connectivity index (χ0v) is 28.2. The highest BCUT2D eigenvalue weighted by atomic mass is 15.2. The van der Waals surface area contributed by atoms with Crippen molar-refractivity contribution in [2.75, 3.05) is 4.90 Å². The summed E-state index contributed by atoms with van der Waals surface area (Å²) in [6, 6.07) is 60.3. The van der Waals surface area contributed by atoms with Crippen LogP contribution in [0.15, 0.2) is 168 Å². The van der Waals surface area contributed by atoms with Gasteiger partial charge in [-0.05, 0) is 46.3 Å². The Labute approximate surface area is 303 Å². The van der Waals surface area contributed by atoms with Crippen LogP contribution in [0.3, 0.4) is 0 Å². The first kappa shape index (κ1) is 26.7. The normalized spacial score (nSPS) is 16.1. The molecule has 0 aliphatic carbocycles. The Morgan fingerprint density at radius 1 is 0.346 bits per heavy atom. The molecule has 7 heterocycles. The molecule has 14 rings (SSSR count). The second-order valence-electron chi connectivity index (χ2n) is 15.5. The van der Waals surface area contributed by atoms with E-state index in [9.17, 15) is 0 Å². The first-order valence-electron chi connectivity index (χ1n) is 18.7. The number of para-hydroxylation sites is 2. The number of hydrogen-bond donors (Lipinski definition) is 0. The molecular formula is C46H26B4N2. The molecule has 6 heteroatoms. The summed E-state index contributed by atoms with van der Waals surface area (Å²) >= 11 is 0. The van der Waals surface area contributed by atoms with Crippen molar-refractivity contribution in [3.05, 3.63) is 180 Å². The molecule has 0 saturated heterocycles. The maximum atomic E-state index is 2.77. The molecule has 0 spiro atoms. The highest BCUT2D eigenvalue weighted by molar-refractivity contribution is 7.22. The fourth-order valence-electron chi connectivity index (χ4n) is 11.7. The van der Waals surface area contributed by atoms with E-state index >= 15 is 0 Å². The van der Waals surface area contributed by atoms with Gasteiger partial charge in [-0.25, -0.2) is 0 Å². The van der Waals surface area contributed by atoms with Crippen LogP contribution in [0.5, 0.6) is 0 Å². The van der Waals surface area contributed by atoms with Gasteiger partial charge in [-0.2, -0.15) is 0 Å². The average molecular weight is 650 g/mol. The molecule has 0 radical (unpaired) electrons. The summed E-state index contributed by atoms with van der Waals surface area (Å²) in [6.45, 7) is 0.899. The first-order chi connectivity index (χ1) is 25.9. The van der Waals surface area contributed by atoms with Crippen LogP contribution < -0.4 is 48.6 Å². The molecule has 1 aromatic heterocycles. The fourth-order valence-corrected chi connectivity index (χ4v) is 11.7. The number of hydrogen-bond acceptors (Lipinski definition) is 1. The maximum absolute atomic E-state index is 2.77. The Morgan fingerprint density at radius 3 is 1.17 bits per heavy atom. The molecule has 2 nitrogen and oxygen atoms in total. The molecule has 6 aliphatic heterocycles. The number of anilines is 1. The van der Waals surface area contributed by atoms with E-state index in [1.165, 1.54) is 99.4 Å². The summed E-state index contributed by atoms with van der Waals surface area (Å²) in [6.07, 6.45) is 0. The monoisotopic (exact) mass is 650 g/mol. The molecule has 0 atom stereocenters. The van der Waals surface area contributed by atoms with E-state index in [-0.39, 0.29) is 26.9 Å².